The normalized spacial score (nSPS) is 10.8. The van der Waals surface area contributed by atoms with Crippen molar-refractivity contribution in [1.29, 1.82) is 0 Å². The maximum atomic E-state index is 12.2. The van der Waals surface area contributed by atoms with E-state index in [-0.39, 0.29) is 5.43 Å². The fourth-order valence-electron chi connectivity index (χ4n) is 2.03. The lowest BCUT2D eigenvalue weighted by Gasteiger charge is -2.04. The van der Waals surface area contributed by atoms with E-state index in [1.165, 1.54) is 0 Å². The molecule has 0 fully saturated rings. The van der Waals surface area contributed by atoms with Crippen molar-refractivity contribution in [3.05, 3.63) is 70.4 Å². The second-order valence-corrected chi connectivity index (χ2v) is 4.87. The molecule has 2 aromatic carbocycles. The zero-order valence-electron chi connectivity index (χ0n) is 10.1. The van der Waals surface area contributed by atoms with Crippen molar-refractivity contribution in [2.45, 2.75) is 5.33 Å². The Morgan fingerprint density at radius 3 is 2.53 bits per heavy atom. The molecule has 0 saturated carbocycles. The molecule has 3 rings (SSSR count). The van der Waals surface area contributed by atoms with Gasteiger partial charge in [-0.05, 0) is 17.7 Å². The van der Waals surface area contributed by atoms with Gasteiger partial charge >= 0.3 is 0 Å². The quantitative estimate of drug-likeness (QED) is 0.658. The van der Waals surface area contributed by atoms with Crippen LogP contribution in [0.4, 0.5) is 0 Å². The van der Waals surface area contributed by atoms with Crippen molar-refractivity contribution < 1.29 is 4.42 Å². The van der Waals surface area contributed by atoms with Gasteiger partial charge in [0.1, 0.15) is 11.3 Å². The molecule has 1 heterocycles. The van der Waals surface area contributed by atoms with Gasteiger partial charge in [0.2, 0.25) is 0 Å². The summed E-state index contributed by atoms with van der Waals surface area (Å²) in [5, 5.41) is 1.35. The molecular formula is C16H11BrO2. The van der Waals surface area contributed by atoms with E-state index in [0.717, 1.165) is 16.5 Å². The Morgan fingerprint density at radius 2 is 1.79 bits per heavy atom. The molecule has 0 aliphatic rings. The predicted octanol–water partition coefficient (Wildman–Crippen LogP) is 4.35. The molecule has 0 spiro atoms. The topological polar surface area (TPSA) is 30.2 Å². The third-order valence-electron chi connectivity index (χ3n) is 3.00. The molecule has 0 saturated heterocycles. The molecule has 0 aliphatic heterocycles. The van der Waals surface area contributed by atoms with Gasteiger partial charge in [0.25, 0.3) is 0 Å². The van der Waals surface area contributed by atoms with Crippen molar-refractivity contribution >= 4 is 26.9 Å². The van der Waals surface area contributed by atoms with Crippen LogP contribution in [0, 0.1) is 0 Å². The molecule has 94 valence electrons. The molecule has 0 radical (unpaired) electrons. The monoisotopic (exact) mass is 314 g/mol. The summed E-state index contributed by atoms with van der Waals surface area (Å²) in [4.78, 5) is 12.2. The number of hydrogen-bond donors (Lipinski definition) is 0. The molecule has 0 atom stereocenters. The van der Waals surface area contributed by atoms with E-state index in [1.54, 1.807) is 6.07 Å². The van der Waals surface area contributed by atoms with Gasteiger partial charge in [-0.2, -0.15) is 0 Å². The van der Waals surface area contributed by atoms with Crippen LogP contribution in [0.5, 0.6) is 0 Å². The third kappa shape index (κ3) is 2.34. The maximum absolute atomic E-state index is 12.2. The minimum atomic E-state index is -0.0112. The molecule has 1 aromatic heterocycles. The first-order valence-corrected chi connectivity index (χ1v) is 7.08. The van der Waals surface area contributed by atoms with E-state index in [2.05, 4.69) is 15.9 Å². The van der Waals surface area contributed by atoms with E-state index in [9.17, 15) is 4.79 Å². The van der Waals surface area contributed by atoms with Gasteiger partial charge in [0.15, 0.2) is 5.43 Å². The summed E-state index contributed by atoms with van der Waals surface area (Å²) in [7, 11) is 0. The van der Waals surface area contributed by atoms with Crippen molar-refractivity contribution in [3.63, 3.8) is 0 Å². The van der Waals surface area contributed by atoms with E-state index in [4.69, 9.17) is 4.42 Å². The fourth-order valence-corrected chi connectivity index (χ4v) is 2.38. The van der Waals surface area contributed by atoms with Crippen molar-refractivity contribution in [2.24, 2.45) is 0 Å². The Balaban J connectivity index is 2.23. The largest absolute Gasteiger partial charge is 0.456 e. The summed E-state index contributed by atoms with van der Waals surface area (Å²) in [6, 6.07) is 16.9. The van der Waals surface area contributed by atoms with Gasteiger partial charge in [-0.25, -0.2) is 0 Å². The summed E-state index contributed by atoms with van der Waals surface area (Å²) in [5.74, 6) is 0.602. The average Bonchev–Trinajstić information content (AvgIpc) is 2.48. The standard InChI is InChI=1S/C16H11BrO2/c17-10-11-6-7-15-13(8-11)14(18)9-16(19-15)12-4-2-1-3-5-12/h1-9H,10H2. The van der Waals surface area contributed by atoms with Gasteiger partial charge in [0, 0.05) is 17.0 Å². The fraction of sp³-hybridized carbons (Fsp3) is 0.0625. The Bertz CT molecular complexity index is 776. The average molecular weight is 315 g/mol. The summed E-state index contributed by atoms with van der Waals surface area (Å²) >= 11 is 3.39. The van der Waals surface area contributed by atoms with Gasteiger partial charge in [-0.3, -0.25) is 4.79 Å². The lowest BCUT2D eigenvalue weighted by Crippen LogP contribution is -2.00. The Labute approximate surface area is 118 Å². The van der Waals surface area contributed by atoms with Gasteiger partial charge in [0.05, 0.1) is 5.39 Å². The summed E-state index contributed by atoms with van der Waals surface area (Å²) in [6.45, 7) is 0. The van der Waals surface area contributed by atoms with Crippen LogP contribution in [-0.2, 0) is 5.33 Å². The molecule has 0 amide bonds. The Kier molecular flexibility index (Phi) is 3.22. The van der Waals surface area contributed by atoms with Crippen molar-refractivity contribution in [3.8, 4) is 11.3 Å². The number of alkyl halides is 1. The predicted molar refractivity (Wildman–Crippen MR) is 80.6 cm³/mol. The van der Waals surface area contributed by atoms with Gasteiger partial charge in [-0.1, -0.05) is 52.3 Å². The Hall–Kier alpha value is -1.87. The van der Waals surface area contributed by atoms with E-state index in [1.807, 2.05) is 48.5 Å². The first-order chi connectivity index (χ1) is 9.28. The van der Waals surface area contributed by atoms with Crippen molar-refractivity contribution in [1.82, 2.24) is 0 Å². The molecular weight excluding hydrogens is 304 g/mol. The number of benzene rings is 2. The highest BCUT2D eigenvalue weighted by molar-refractivity contribution is 9.08. The lowest BCUT2D eigenvalue weighted by atomic mass is 10.1. The van der Waals surface area contributed by atoms with E-state index in [0.29, 0.717) is 16.7 Å². The molecule has 0 N–H and O–H groups in total. The maximum Gasteiger partial charge on any atom is 0.193 e. The highest BCUT2D eigenvalue weighted by Gasteiger charge is 2.07. The van der Waals surface area contributed by atoms with Crippen LogP contribution in [0.25, 0.3) is 22.3 Å². The van der Waals surface area contributed by atoms with Gasteiger partial charge in [-0.15, -0.1) is 0 Å². The zero-order valence-corrected chi connectivity index (χ0v) is 11.7. The summed E-state index contributed by atoms with van der Waals surface area (Å²) < 4.78 is 5.81. The molecule has 0 bridgehead atoms. The van der Waals surface area contributed by atoms with Crippen LogP contribution in [0.1, 0.15) is 5.56 Å². The minimum absolute atomic E-state index is 0.0112. The molecule has 19 heavy (non-hydrogen) atoms. The number of rotatable bonds is 2. The van der Waals surface area contributed by atoms with E-state index < -0.39 is 0 Å². The molecule has 2 nitrogen and oxygen atoms in total. The van der Waals surface area contributed by atoms with Crippen LogP contribution in [-0.4, -0.2) is 0 Å². The minimum Gasteiger partial charge on any atom is -0.456 e. The summed E-state index contributed by atoms with van der Waals surface area (Å²) in [5.41, 5.74) is 2.58. The number of hydrogen-bond acceptors (Lipinski definition) is 2. The zero-order chi connectivity index (χ0) is 13.2. The highest BCUT2D eigenvalue weighted by atomic mass is 79.9. The number of fused-ring (bicyclic) bond motifs is 1. The second-order valence-electron chi connectivity index (χ2n) is 4.31. The van der Waals surface area contributed by atoms with Crippen LogP contribution < -0.4 is 5.43 Å². The smallest absolute Gasteiger partial charge is 0.193 e. The molecule has 0 aliphatic carbocycles. The lowest BCUT2D eigenvalue weighted by molar-refractivity contribution is 0.619. The van der Waals surface area contributed by atoms with Crippen LogP contribution in [0.2, 0.25) is 0 Å². The SMILES string of the molecule is O=c1cc(-c2ccccc2)oc2ccc(CBr)cc12. The van der Waals surface area contributed by atoms with Crippen LogP contribution >= 0.6 is 15.9 Å². The van der Waals surface area contributed by atoms with E-state index >= 15 is 0 Å². The number of halogens is 1. The molecule has 3 heteroatoms. The van der Waals surface area contributed by atoms with Gasteiger partial charge < -0.3 is 4.42 Å². The van der Waals surface area contributed by atoms with Crippen molar-refractivity contribution in [2.75, 3.05) is 0 Å². The molecule has 3 aromatic rings. The molecule has 0 unspecified atom stereocenters. The first kappa shape index (κ1) is 12.2. The van der Waals surface area contributed by atoms with Crippen LogP contribution in [0.3, 0.4) is 0 Å². The second kappa shape index (κ2) is 5.02. The van der Waals surface area contributed by atoms with Crippen LogP contribution in [0.15, 0.2) is 63.8 Å². The highest BCUT2D eigenvalue weighted by Crippen LogP contribution is 2.22. The third-order valence-corrected chi connectivity index (χ3v) is 3.65. The summed E-state index contributed by atoms with van der Waals surface area (Å²) in [6.07, 6.45) is 0. The first-order valence-electron chi connectivity index (χ1n) is 5.96. The Morgan fingerprint density at radius 1 is 1.00 bits per heavy atom.